The molecule has 2 N–H and O–H groups in total. The van der Waals surface area contributed by atoms with Gasteiger partial charge >= 0.3 is 0 Å². The van der Waals surface area contributed by atoms with Gasteiger partial charge in [-0.05, 0) is 40.5 Å². The van der Waals surface area contributed by atoms with Crippen LogP contribution in [0.3, 0.4) is 0 Å². The van der Waals surface area contributed by atoms with Gasteiger partial charge in [-0.3, -0.25) is 0 Å². The molecule has 2 rings (SSSR count). The molecule has 0 fully saturated rings. The summed E-state index contributed by atoms with van der Waals surface area (Å²) in [7, 11) is 2.17. The van der Waals surface area contributed by atoms with Gasteiger partial charge in [-0.2, -0.15) is 0 Å². The summed E-state index contributed by atoms with van der Waals surface area (Å²) < 4.78 is 1.23. The van der Waals surface area contributed by atoms with Gasteiger partial charge in [-0.15, -0.1) is 11.3 Å². The Morgan fingerprint density at radius 1 is 1.62 bits per heavy atom. The molecule has 1 aliphatic rings. The van der Waals surface area contributed by atoms with E-state index in [9.17, 15) is 0 Å². The molecule has 1 aromatic rings. The van der Waals surface area contributed by atoms with E-state index >= 15 is 0 Å². The van der Waals surface area contributed by atoms with Crippen molar-refractivity contribution in [3.63, 3.8) is 0 Å². The van der Waals surface area contributed by atoms with Crippen LogP contribution < -0.4 is 5.73 Å². The van der Waals surface area contributed by atoms with Crippen LogP contribution in [0.15, 0.2) is 3.79 Å². The Hall–Kier alpha value is 0.1000. The van der Waals surface area contributed by atoms with Crippen molar-refractivity contribution in [2.24, 2.45) is 5.73 Å². The highest BCUT2D eigenvalue weighted by atomic mass is 79.9. The Morgan fingerprint density at radius 2 is 2.38 bits per heavy atom. The van der Waals surface area contributed by atoms with Gasteiger partial charge in [-0.1, -0.05) is 0 Å². The highest BCUT2D eigenvalue weighted by molar-refractivity contribution is 9.11. The molecule has 0 spiro atoms. The highest BCUT2D eigenvalue weighted by Gasteiger charge is 2.20. The van der Waals surface area contributed by atoms with Gasteiger partial charge in [0.1, 0.15) is 0 Å². The summed E-state index contributed by atoms with van der Waals surface area (Å²) in [6, 6.07) is 0. The van der Waals surface area contributed by atoms with Crippen molar-refractivity contribution >= 4 is 27.3 Å². The van der Waals surface area contributed by atoms with Crippen molar-refractivity contribution in [3.8, 4) is 0 Å². The quantitative estimate of drug-likeness (QED) is 0.837. The van der Waals surface area contributed by atoms with Crippen molar-refractivity contribution < 1.29 is 0 Å². The molecule has 0 aliphatic carbocycles. The SMILES string of the molecule is CN1CCc2c(sc(Br)c2CN)C1. The molecule has 2 heterocycles. The first-order valence-corrected chi connectivity index (χ1v) is 6.01. The van der Waals surface area contributed by atoms with Gasteiger partial charge in [0.15, 0.2) is 0 Å². The lowest BCUT2D eigenvalue weighted by Gasteiger charge is -2.22. The number of hydrogen-bond donors (Lipinski definition) is 1. The van der Waals surface area contributed by atoms with Crippen LogP contribution in [-0.2, 0) is 19.5 Å². The van der Waals surface area contributed by atoms with Crippen LogP contribution >= 0.6 is 27.3 Å². The van der Waals surface area contributed by atoms with Crippen molar-refractivity contribution in [2.45, 2.75) is 19.5 Å². The van der Waals surface area contributed by atoms with E-state index in [1.807, 2.05) is 11.3 Å². The number of nitrogens with two attached hydrogens (primary N) is 1. The summed E-state index contributed by atoms with van der Waals surface area (Å²) >= 11 is 5.42. The smallest absolute Gasteiger partial charge is 0.0749 e. The zero-order valence-corrected chi connectivity index (χ0v) is 10.0. The fraction of sp³-hybridized carbons (Fsp3) is 0.556. The molecule has 4 heteroatoms. The monoisotopic (exact) mass is 260 g/mol. The Morgan fingerprint density at radius 3 is 3.08 bits per heavy atom. The van der Waals surface area contributed by atoms with Crippen LogP contribution in [0.2, 0.25) is 0 Å². The second kappa shape index (κ2) is 3.69. The number of likely N-dealkylation sites (N-methyl/N-ethyl adjacent to an activating group) is 1. The third kappa shape index (κ3) is 1.68. The molecule has 0 radical (unpaired) electrons. The molecule has 72 valence electrons. The van der Waals surface area contributed by atoms with Gasteiger partial charge in [0, 0.05) is 24.5 Å². The topological polar surface area (TPSA) is 29.3 Å². The van der Waals surface area contributed by atoms with Gasteiger partial charge in [0.2, 0.25) is 0 Å². The summed E-state index contributed by atoms with van der Waals surface area (Å²) in [6.07, 6.45) is 1.15. The number of rotatable bonds is 1. The van der Waals surface area contributed by atoms with E-state index in [-0.39, 0.29) is 0 Å². The maximum absolute atomic E-state index is 5.72. The predicted molar refractivity (Wildman–Crippen MR) is 59.9 cm³/mol. The lowest BCUT2D eigenvalue weighted by molar-refractivity contribution is 0.316. The summed E-state index contributed by atoms with van der Waals surface area (Å²) in [5, 5.41) is 0. The molecule has 0 atom stereocenters. The number of fused-ring (bicyclic) bond motifs is 1. The molecule has 1 aliphatic heterocycles. The average molecular weight is 261 g/mol. The predicted octanol–water partition coefficient (Wildman–Crippen LogP) is 1.96. The zero-order valence-electron chi connectivity index (χ0n) is 7.64. The lowest BCUT2D eigenvalue weighted by atomic mass is 10.0. The maximum atomic E-state index is 5.72. The van der Waals surface area contributed by atoms with E-state index in [1.165, 1.54) is 19.8 Å². The van der Waals surface area contributed by atoms with Crippen LogP contribution in [-0.4, -0.2) is 18.5 Å². The van der Waals surface area contributed by atoms with Crippen molar-refractivity contribution in [1.82, 2.24) is 4.90 Å². The molecule has 0 unspecified atom stereocenters. The standard InChI is InChI=1S/C9H13BrN2S/c1-12-3-2-6-7(4-11)9(10)13-8(6)5-12/h2-5,11H2,1H3. The number of hydrogen-bond acceptors (Lipinski definition) is 3. The van der Waals surface area contributed by atoms with Gasteiger partial charge in [0.25, 0.3) is 0 Å². The van der Waals surface area contributed by atoms with Crippen molar-refractivity contribution in [2.75, 3.05) is 13.6 Å². The summed E-state index contributed by atoms with van der Waals surface area (Å²) in [4.78, 5) is 3.84. The van der Waals surface area contributed by atoms with E-state index in [1.54, 1.807) is 0 Å². The Balaban J connectivity index is 2.41. The third-order valence-electron chi connectivity index (χ3n) is 2.51. The molecule has 2 nitrogen and oxygen atoms in total. The second-order valence-corrected chi connectivity index (χ2v) is 5.87. The van der Waals surface area contributed by atoms with E-state index in [0.717, 1.165) is 19.5 Å². The van der Waals surface area contributed by atoms with E-state index in [2.05, 4.69) is 27.9 Å². The van der Waals surface area contributed by atoms with Crippen LogP contribution in [0.5, 0.6) is 0 Å². The number of thiophene rings is 1. The minimum absolute atomic E-state index is 0.663. The highest BCUT2D eigenvalue weighted by Crippen LogP contribution is 2.35. The zero-order chi connectivity index (χ0) is 9.42. The first-order chi connectivity index (χ1) is 6.22. The molecule has 1 aromatic heterocycles. The van der Waals surface area contributed by atoms with E-state index in [0.29, 0.717) is 6.54 Å². The Bertz CT molecular complexity index is 322. The number of nitrogens with zero attached hydrogens (tertiary/aromatic N) is 1. The Kier molecular flexibility index (Phi) is 2.74. The first-order valence-electron chi connectivity index (χ1n) is 4.40. The van der Waals surface area contributed by atoms with Gasteiger partial charge in [0.05, 0.1) is 3.79 Å². The molecule has 13 heavy (non-hydrogen) atoms. The average Bonchev–Trinajstić information content (AvgIpc) is 2.39. The number of halogens is 1. The van der Waals surface area contributed by atoms with Crippen LogP contribution in [0.25, 0.3) is 0 Å². The fourth-order valence-electron chi connectivity index (χ4n) is 1.77. The molecule has 0 bridgehead atoms. The fourth-order valence-corrected chi connectivity index (χ4v) is 3.93. The first kappa shape index (κ1) is 9.65. The molecule has 0 amide bonds. The molecular formula is C9H13BrN2S. The van der Waals surface area contributed by atoms with Gasteiger partial charge in [-0.25, -0.2) is 0 Å². The van der Waals surface area contributed by atoms with Crippen molar-refractivity contribution in [1.29, 1.82) is 0 Å². The van der Waals surface area contributed by atoms with Gasteiger partial charge < -0.3 is 10.6 Å². The van der Waals surface area contributed by atoms with Crippen LogP contribution in [0.1, 0.15) is 16.0 Å². The van der Waals surface area contributed by atoms with E-state index in [4.69, 9.17) is 5.73 Å². The maximum Gasteiger partial charge on any atom is 0.0749 e. The minimum Gasteiger partial charge on any atom is -0.326 e. The van der Waals surface area contributed by atoms with Crippen molar-refractivity contribution in [3.05, 3.63) is 19.8 Å². The second-order valence-electron chi connectivity index (χ2n) is 3.45. The Labute approximate surface area is 90.9 Å². The van der Waals surface area contributed by atoms with Crippen LogP contribution in [0, 0.1) is 0 Å². The molecule has 0 saturated heterocycles. The lowest BCUT2D eigenvalue weighted by Crippen LogP contribution is -2.25. The minimum atomic E-state index is 0.663. The summed E-state index contributed by atoms with van der Waals surface area (Å²) in [5.74, 6) is 0. The third-order valence-corrected chi connectivity index (χ3v) is 4.52. The van der Waals surface area contributed by atoms with Crippen LogP contribution in [0.4, 0.5) is 0 Å². The summed E-state index contributed by atoms with van der Waals surface area (Å²) in [6.45, 7) is 2.90. The largest absolute Gasteiger partial charge is 0.326 e. The molecule has 0 saturated carbocycles. The molecule has 0 aromatic carbocycles. The van der Waals surface area contributed by atoms with E-state index < -0.39 is 0 Å². The normalized spacial score (nSPS) is 17.5. The summed E-state index contributed by atoms with van der Waals surface area (Å²) in [5.41, 5.74) is 8.54. The molecular weight excluding hydrogens is 248 g/mol.